The first kappa shape index (κ1) is 25.0. The maximum absolute atomic E-state index is 10.9. The van der Waals surface area contributed by atoms with E-state index in [1.807, 2.05) is 6.92 Å². The fraction of sp³-hybridized carbons (Fsp3) is 0.917. The van der Waals surface area contributed by atoms with Gasteiger partial charge in [0.1, 0.15) is 11.9 Å². The summed E-state index contributed by atoms with van der Waals surface area (Å²) in [6.07, 6.45) is 1.81. The van der Waals surface area contributed by atoms with Crippen LogP contribution in [0.2, 0.25) is 0 Å². The Hall–Kier alpha value is -0.110. The Morgan fingerprint density at radius 2 is 1.75 bits per heavy atom. The molecule has 1 saturated carbocycles. The van der Waals surface area contributed by atoms with Crippen molar-refractivity contribution in [2.24, 2.45) is 17.8 Å². The van der Waals surface area contributed by atoms with Gasteiger partial charge in [-0.2, -0.15) is 0 Å². The average Bonchev–Trinajstić information content (AvgIpc) is 3.48. The first-order valence-electron chi connectivity index (χ1n) is 12.2. The lowest BCUT2D eigenvalue weighted by atomic mass is 9.90. The summed E-state index contributed by atoms with van der Waals surface area (Å²) >= 11 is 0. The molecule has 3 heterocycles. The van der Waals surface area contributed by atoms with Crippen molar-refractivity contribution in [3.63, 3.8) is 0 Å². The molecule has 0 aromatic carbocycles. The van der Waals surface area contributed by atoms with E-state index in [2.05, 4.69) is 29.7 Å². The lowest BCUT2D eigenvalue weighted by molar-refractivity contribution is -0.317. The molecule has 13 atom stereocenters. The van der Waals surface area contributed by atoms with Crippen molar-refractivity contribution in [1.29, 1.82) is 0 Å². The smallest absolute Gasteiger partial charge is 0.161 e. The molecule has 0 aromatic rings. The molecule has 32 heavy (non-hydrogen) atoms. The monoisotopic (exact) mass is 472 g/mol. The molecule has 13 unspecified atom stereocenters. The van der Waals surface area contributed by atoms with E-state index in [9.17, 15) is 5.11 Å². The largest absolute Gasteiger partial charge is 0.390 e. The van der Waals surface area contributed by atoms with Gasteiger partial charge in [-0.05, 0) is 44.4 Å². The van der Waals surface area contributed by atoms with Crippen LogP contribution < -0.4 is 0 Å². The van der Waals surface area contributed by atoms with Gasteiger partial charge < -0.3 is 33.5 Å². The molecule has 1 aliphatic carbocycles. The van der Waals surface area contributed by atoms with E-state index in [-0.39, 0.29) is 30.3 Å². The van der Waals surface area contributed by atoms with Crippen molar-refractivity contribution in [1.82, 2.24) is 0 Å². The van der Waals surface area contributed by atoms with Crippen LogP contribution in [0.3, 0.4) is 0 Å². The van der Waals surface area contributed by atoms with Crippen LogP contribution in [-0.4, -0.2) is 73.9 Å². The molecule has 184 valence electrons. The van der Waals surface area contributed by atoms with Gasteiger partial charge in [-0.3, -0.25) is 0 Å². The van der Waals surface area contributed by atoms with E-state index in [0.29, 0.717) is 24.2 Å². The number of ether oxygens (including phenoxy) is 6. The number of methoxy groups -OCH3 is 1. The van der Waals surface area contributed by atoms with Gasteiger partial charge in [0.2, 0.25) is 0 Å². The van der Waals surface area contributed by atoms with Crippen LogP contribution >= 0.6 is 9.24 Å². The highest BCUT2D eigenvalue weighted by atomic mass is 31.0. The fourth-order valence-corrected chi connectivity index (χ4v) is 6.36. The molecule has 0 spiro atoms. The number of rotatable bonds is 7. The summed E-state index contributed by atoms with van der Waals surface area (Å²) in [4.78, 5) is 0. The maximum Gasteiger partial charge on any atom is 0.161 e. The second kappa shape index (κ2) is 10.7. The molecule has 0 amide bonds. The van der Waals surface area contributed by atoms with Gasteiger partial charge in [-0.25, -0.2) is 0 Å². The van der Waals surface area contributed by atoms with E-state index in [0.717, 1.165) is 32.3 Å². The van der Waals surface area contributed by atoms with E-state index < -0.39 is 24.8 Å². The molecular weight excluding hydrogens is 431 g/mol. The summed E-state index contributed by atoms with van der Waals surface area (Å²) in [7, 11) is 4.46. The minimum Gasteiger partial charge on any atom is -0.390 e. The van der Waals surface area contributed by atoms with Gasteiger partial charge in [0.25, 0.3) is 0 Å². The Morgan fingerprint density at radius 1 is 1.06 bits per heavy atom. The third kappa shape index (κ3) is 5.41. The molecule has 3 saturated heterocycles. The zero-order valence-corrected chi connectivity index (χ0v) is 21.0. The molecule has 4 aliphatic rings. The lowest BCUT2D eigenvalue weighted by Crippen LogP contribution is -2.54. The van der Waals surface area contributed by atoms with Gasteiger partial charge >= 0.3 is 0 Å². The summed E-state index contributed by atoms with van der Waals surface area (Å²) in [6, 6.07) is 0. The first-order chi connectivity index (χ1) is 15.3. The normalized spacial score (nSPS) is 49.8. The number of aliphatic hydroxyl groups is 1. The van der Waals surface area contributed by atoms with Crippen molar-refractivity contribution in [3.05, 3.63) is 12.2 Å². The second-order valence-electron chi connectivity index (χ2n) is 9.91. The molecule has 0 aromatic heterocycles. The van der Waals surface area contributed by atoms with Gasteiger partial charge in [-0.1, -0.05) is 25.5 Å². The molecule has 0 radical (unpaired) electrons. The zero-order valence-electron chi connectivity index (χ0n) is 19.9. The predicted octanol–water partition coefficient (Wildman–Crippen LogP) is 3.24. The molecule has 4 fully saturated rings. The molecule has 3 aliphatic heterocycles. The minimum atomic E-state index is -0.690. The number of allylic oxidation sites excluding steroid dienone is 1. The van der Waals surface area contributed by atoms with E-state index >= 15 is 0 Å². The van der Waals surface area contributed by atoms with Crippen molar-refractivity contribution < 1.29 is 33.5 Å². The maximum atomic E-state index is 10.9. The third-order valence-corrected chi connectivity index (χ3v) is 8.27. The Labute approximate surface area is 194 Å². The Bertz CT molecular complexity index is 636. The molecule has 7 nitrogen and oxygen atoms in total. The molecule has 0 bridgehead atoms. The number of hydrogen-bond acceptors (Lipinski definition) is 7. The van der Waals surface area contributed by atoms with E-state index in [1.54, 1.807) is 7.11 Å². The number of hydrogen-bond donors (Lipinski definition) is 1. The summed E-state index contributed by atoms with van der Waals surface area (Å²) in [5.41, 5.74) is 1.27. The Morgan fingerprint density at radius 3 is 2.38 bits per heavy atom. The zero-order chi connectivity index (χ0) is 23.0. The summed E-state index contributed by atoms with van der Waals surface area (Å²) < 4.78 is 36.4. The van der Waals surface area contributed by atoms with Crippen LogP contribution in [0.4, 0.5) is 0 Å². The standard InChI is InChI=1S/C24H41O7P/c1-6-15-7-8-27-13(3)21(15)29-20-11-18(25)22(14(4)28-20)30-19-10-17(16-9-12(16)2)23(26-5)24(32)31-19/h13-25H,2,6-11,32H2,1,3-5H3. The van der Waals surface area contributed by atoms with Crippen LogP contribution in [-0.2, 0) is 28.4 Å². The first-order valence-corrected chi connectivity index (χ1v) is 12.9. The van der Waals surface area contributed by atoms with Crippen LogP contribution in [0, 0.1) is 17.8 Å². The third-order valence-electron chi connectivity index (χ3n) is 7.74. The molecular formula is C24H41O7P. The van der Waals surface area contributed by atoms with Crippen molar-refractivity contribution in [3.8, 4) is 0 Å². The molecule has 1 N–H and O–H groups in total. The van der Waals surface area contributed by atoms with E-state index in [4.69, 9.17) is 28.4 Å². The minimum absolute atomic E-state index is 0.00181. The number of aliphatic hydroxyl groups excluding tert-OH is 1. The predicted molar refractivity (Wildman–Crippen MR) is 123 cm³/mol. The molecule has 8 heteroatoms. The van der Waals surface area contributed by atoms with Crippen molar-refractivity contribution in [2.45, 2.75) is 108 Å². The average molecular weight is 473 g/mol. The Balaban J connectivity index is 1.34. The lowest BCUT2D eigenvalue weighted by Gasteiger charge is -2.45. The van der Waals surface area contributed by atoms with Crippen molar-refractivity contribution >= 4 is 9.24 Å². The van der Waals surface area contributed by atoms with Gasteiger partial charge in [0.15, 0.2) is 12.6 Å². The quantitative estimate of drug-likeness (QED) is 0.450. The van der Waals surface area contributed by atoms with Crippen LogP contribution in [0.5, 0.6) is 0 Å². The summed E-state index contributed by atoms with van der Waals surface area (Å²) in [5.74, 6) is 1.05. The molecule has 4 rings (SSSR count). The highest BCUT2D eigenvalue weighted by Crippen LogP contribution is 2.49. The summed E-state index contributed by atoms with van der Waals surface area (Å²) in [6.45, 7) is 11.1. The Kier molecular flexibility index (Phi) is 8.32. The summed E-state index contributed by atoms with van der Waals surface area (Å²) in [5, 5.41) is 10.9. The fourth-order valence-electron chi connectivity index (χ4n) is 5.74. The van der Waals surface area contributed by atoms with E-state index in [1.165, 1.54) is 5.57 Å². The van der Waals surface area contributed by atoms with Gasteiger partial charge in [0, 0.05) is 26.6 Å². The second-order valence-corrected chi connectivity index (χ2v) is 10.6. The topological polar surface area (TPSA) is 75.6 Å². The van der Waals surface area contributed by atoms with Gasteiger partial charge in [-0.15, -0.1) is 9.24 Å². The van der Waals surface area contributed by atoms with Crippen LogP contribution in [0.1, 0.15) is 52.9 Å². The van der Waals surface area contributed by atoms with Crippen LogP contribution in [0.25, 0.3) is 0 Å². The highest BCUT2D eigenvalue weighted by molar-refractivity contribution is 7.17. The highest BCUT2D eigenvalue weighted by Gasteiger charge is 2.49. The van der Waals surface area contributed by atoms with Crippen molar-refractivity contribution in [2.75, 3.05) is 13.7 Å². The SMILES string of the molecule is C=C1CC1C1CC(OC2C(O)CC(OC3C(CC)CCOC3C)OC2C)OC(P)C1OC. The van der Waals surface area contributed by atoms with Crippen LogP contribution in [0.15, 0.2) is 12.2 Å². The van der Waals surface area contributed by atoms with Gasteiger partial charge in [0.05, 0.1) is 30.5 Å².